The number of fused-ring (bicyclic) bond motifs is 7. The van der Waals surface area contributed by atoms with Gasteiger partial charge in [0.25, 0.3) is 17.4 Å². The average molecular weight is 1670 g/mol. The number of methoxy groups -OCH3 is 2. The van der Waals surface area contributed by atoms with E-state index < -0.39 is 135 Å². The van der Waals surface area contributed by atoms with Crippen molar-refractivity contribution in [2.24, 2.45) is 28.9 Å². The molecule has 1 unspecified atom stereocenters. The predicted molar refractivity (Wildman–Crippen MR) is 442 cm³/mol. The van der Waals surface area contributed by atoms with Gasteiger partial charge in [-0.3, -0.25) is 63.2 Å². The molecule has 1 aliphatic carbocycles. The molecule has 0 radical (unpaired) electrons. The summed E-state index contributed by atoms with van der Waals surface area (Å²) in [6, 6.07) is 14.6. The van der Waals surface area contributed by atoms with Crippen LogP contribution in [0.2, 0.25) is 0 Å². The van der Waals surface area contributed by atoms with Crippen LogP contribution < -0.4 is 53.0 Å². The van der Waals surface area contributed by atoms with E-state index in [9.17, 15) is 63.6 Å². The maximum atomic E-state index is 15.6. The largest absolute Gasteiger partial charge is 0.496 e. The fraction of sp³-hybridized carbons (Fsp3) is 0.566. The van der Waals surface area contributed by atoms with Crippen LogP contribution in [0.15, 0.2) is 71.7 Å². The predicted octanol–water partition coefficient (Wildman–Crippen LogP) is 4.71. The number of hydrogen-bond donors (Lipinski definition) is 13. The second-order valence-corrected chi connectivity index (χ2v) is 35.2. The van der Waals surface area contributed by atoms with Crippen LogP contribution in [0.1, 0.15) is 162 Å². The summed E-state index contributed by atoms with van der Waals surface area (Å²) >= 11 is 0. The minimum absolute atomic E-state index is 0.0323. The summed E-state index contributed by atoms with van der Waals surface area (Å²) in [7, 11) is 7.43. The van der Waals surface area contributed by atoms with Crippen molar-refractivity contribution >= 4 is 114 Å². The first-order chi connectivity index (χ1) is 56.4. The topological polar surface area (TPSA) is 475 Å². The Morgan fingerprint density at radius 1 is 0.822 bits per heavy atom. The highest BCUT2D eigenvalue weighted by Gasteiger charge is 2.79. The van der Waals surface area contributed by atoms with Crippen molar-refractivity contribution in [2.75, 3.05) is 95.4 Å². The molecule has 6 aromatic rings. The number of aliphatic carboxylic acids is 1. The van der Waals surface area contributed by atoms with Gasteiger partial charge in [-0.1, -0.05) is 60.6 Å². The van der Waals surface area contributed by atoms with E-state index in [1.54, 1.807) is 45.3 Å². The number of aryl methyl sites for hydroxylation is 1. The van der Waals surface area contributed by atoms with Crippen molar-refractivity contribution in [3.63, 3.8) is 0 Å². The standard InChI is InChI=1S/C83H109N15O18S2/c1-9-79(112)39-49-40-82(77(110)115-8,67-56(24-29-97(44-49)45-79)55-17-11-12-18-59(55)92-67)58-37-57-61(38-64(58)114-7)96(6)74-81(57)26-30-98-28-15-25-80(10-2,73(81)98)75(108)83(74,113)76(109)94-95-78(111)116-31-33-118-117-32-14-19-62(100)60(41-84)93-71(106)51(36-65(102)103)35-63(101)47(4)88-69(104)46(3)34-54(99)16-13-27-85-70(105)50-20-22-52(23-21-50)86-42-53-43-87-68-66(91-53)72(107)90-48(5)89-68/h11-12,17-18,20-23,37-38,43,46-47,49,51,60,73-75,86,92,108,112-113H,9-10,13-16,19,24-36,39-42,44-45,84H2,1-8H3,(H,85,105)(H,88,104)(H,93,106)(H,94,109)(H,95,111)(H,102,103)(H,87,89,90,107)/t46-,47+,49-,51+,60+,73+,74-,75-,79+,80-,81-,82+,83+/m1/s1. The number of aliphatic hydroxyl groups is 3. The van der Waals surface area contributed by atoms with E-state index in [0.717, 1.165) is 22.0 Å². The number of ketones is 3. The molecule has 5 amide bonds. The van der Waals surface area contributed by atoms with Gasteiger partial charge >= 0.3 is 18.0 Å². The number of benzene rings is 3. The van der Waals surface area contributed by atoms with Gasteiger partial charge in [-0.2, -0.15) is 0 Å². The molecule has 636 valence electrons. The van der Waals surface area contributed by atoms with Crippen LogP contribution in [-0.4, -0.2) is 241 Å². The Morgan fingerprint density at radius 3 is 2.31 bits per heavy atom. The molecule has 8 heterocycles. The number of carboxylic acid groups (broad SMARTS) is 1. The molecule has 14 atom stereocenters. The SMILES string of the molecule is CC[C@]1(O)C[C@H]2CN(CCc3c([nH]c4ccccc34)[C@@](C(=O)OC)(c3cc4c(cc3OC)N(C)[C@H]3[C@@](O)(C(=O)NNC(=O)OCCSSCCCC(=O)[C@H](CN)NC(=O)[C@H](CC(=O)O)CC(=O)[C@H](C)NC(=O)[C@H](C)CC(=O)CCCNC(=O)c5ccc(NCc6cnc7nc(C)[nH]c(=O)c7n6)cc5)[C@H](O)[C@]5(CC)CCCN6CC[C@]43[C@@H]65)C2)C1. The van der Waals surface area contributed by atoms with Crippen LogP contribution in [0.25, 0.3) is 22.1 Å². The molecule has 35 heteroatoms. The van der Waals surface area contributed by atoms with E-state index in [2.05, 4.69) is 72.9 Å². The smallest absolute Gasteiger partial charge is 0.426 e. The van der Waals surface area contributed by atoms with Crippen molar-refractivity contribution in [3.05, 3.63) is 117 Å². The van der Waals surface area contributed by atoms with E-state index in [1.807, 2.05) is 49.1 Å². The van der Waals surface area contributed by atoms with Crippen LogP contribution in [-0.2, 0) is 71.6 Å². The van der Waals surface area contributed by atoms with E-state index in [4.69, 9.17) is 19.9 Å². The third-order valence-corrected chi connectivity index (χ3v) is 27.6. The Balaban J connectivity index is 0.593. The number of nitrogens with one attached hydrogen (secondary N) is 8. The average Bonchev–Trinajstić information content (AvgIpc) is 1.47. The maximum absolute atomic E-state index is 15.6. The van der Waals surface area contributed by atoms with Gasteiger partial charge in [-0.15, -0.1) is 0 Å². The summed E-state index contributed by atoms with van der Waals surface area (Å²) in [5, 5.41) is 60.6. The van der Waals surface area contributed by atoms with Gasteiger partial charge in [-0.05, 0) is 145 Å². The van der Waals surface area contributed by atoms with Crippen molar-refractivity contribution in [2.45, 2.75) is 190 Å². The Hall–Kier alpha value is -9.62. The van der Waals surface area contributed by atoms with Crippen molar-refractivity contribution < 1.29 is 82.6 Å². The van der Waals surface area contributed by atoms with E-state index in [-0.39, 0.29) is 92.9 Å². The molecule has 3 aromatic heterocycles. The number of hydrazine groups is 1. The number of para-hydroxylation sites is 1. The molecular formula is C83H109N15O18S2. The van der Waals surface area contributed by atoms with Crippen LogP contribution in [0.4, 0.5) is 16.2 Å². The normalized spacial score (nSPS) is 25.3. The first-order valence-corrected chi connectivity index (χ1v) is 43.1. The highest BCUT2D eigenvalue weighted by Crippen LogP contribution is 2.68. The van der Waals surface area contributed by atoms with Crippen LogP contribution in [0, 0.1) is 30.1 Å². The number of carbonyl (C=O) groups excluding carboxylic acids is 9. The molecule has 33 nitrogen and oxygen atoms in total. The Bertz CT molecular complexity index is 4860. The molecule has 4 fully saturated rings. The number of amides is 5. The molecule has 1 spiro atoms. The summed E-state index contributed by atoms with van der Waals surface area (Å²) in [5.74, 6) is -7.21. The zero-order valence-corrected chi connectivity index (χ0v) is 69.6. The number of ether oxygens (including phenoxy) is 3. The van der Waals surface area contributed by atoms with E-state index in [0.29, 0.717) is 135 Å². The number of piperidine rings is 2. The fourth-order valence-corrected chi connectivity index (χ4v) is 21.5. The summed E-state index contributed by atoms with van der Waals surface area (Å²) < 4.78 is 17.9. The first-order valence-electron chi connectivity index (χ1n) is 40.6. The lowest BCUT2D eigenvalue weighted by Gasteiger charge is -2.64. The molecule has 1 saturated carbocycles. The number of aliphatic hydroxyl groups excluding tert-OH is 1. The quantitative estimate of drug-likeness (QED) is 0.0111. The van der Waals surface area contributed by atoms with Gasteiger partial charge in [0.1, 0.15) is 35.5 Å². The van der Waals surface area contributed by atoms with Crippen LogP contribution >= 0.6 is 21.6 Å². The number of esters is 1. The number of anilines is 2. The zero-order valence-electron chi connectivity index (χ0n) is 67.9. The molecule has 14 N–H and O–H groups in total. The highest BCUT2D eigenvalue weighted by molar-refractivity contribution is 8.76. The molecule has 6 aliphatic rings. The van der Waals surface area contributed by atoms with E-state index in [1.165, 1.54) is 48.7 Å². The Kier molecular flexibility index (Phi) is 27.4. The maximum Gasteiger partial charge on any atom is 0.426 e. The van der Waals surface area contributed by atoms with E-state index >= 15 is 9.59 Å². The number of hydrogen-bond acceptors (Lipinski definition) is 27. The monoisotopic (exact) mass is 1670 g/mol. The van der Waals surface area contributed by atoms with Gasteiger partial charge in [0.15, 0.2) is 28.3 Å². The minimum Gasteiger partial charge on any atom is -0.496 e. The third kappa shape index (κ3) is 17.6. The molecule has 3 aromatic carbocycles. The number of aromatic amines is 2. The van der Waals surface area contributed by atoms with Gasteiger partial charge in [0, 0.05) is 145 Å². The molecular weight excluding hydrogens is 1560 g/mol. The molecule has 2 bridgehead atoms. The molecule has 118 heavy (non-hydrogen) atoms. The van der Waals surface area contributed by atoms with Gasteiger partial charge in [0.2, 0.25) is 11.8 Å². The lowest BCUT2D eigenvalue weighted by atomic mass is 9.46. The first kappa shape index (κ1) is 87.7. The minimum atomic E-state index is -2.58. The summed E-state index contributed by atoms with van der Waals surface area (Å²) in [5.41, 5.74) is 9.43. The zero-order chi connectivity index (χ0) is 84.8. The molecule has 12 rings (SSSR count). The van der Waals surface area contributed by atoms with Crippen molar-refractivity contribution in [1.82, 2.24) is 61.5 Å². The third-order valence-electron chi connectivity index (χ3n) is 25.2. The number of H-pyrrole nitrogens is 2. The van der Waals surface area contributed by atoms with Gasteiger partial charge in [-0.25, -0.2) is 25.2 Å². The number of nitrogens with two attached hydrogens (primary N) is 1. The number of rotatable bonds is 35. The highest BCUT2D eigenvalue weighted by atomic mass is 33.1. The van der Waals surface area contributed by atoms with Gasteiger partial charge in [0.05, 0.1) is 68.7 Å². The van der Waals surface area contributed by atoms with Crippen molar-refractivity contribution in [3.8, 4) is 5.75 Å². The van der Waals surface area contributed by atoms with Crippen molar-refractivity contribution in [1.29, 1.82) is 0 Å². The number of Topliss-reactive ketones (excluding diaryl/α,β-unsaturated/α-hetero) is 3. The summed E-state index contributed by atoms with van der Waals surface area (Å²) in [6.45, 7) is 11.5. The Labute approximate surface area is 691 Å². The van der Waals surface area contributed by atoms with Gasteiger partial charge < -0.3 is 76.5 Å². The molecule has 5 aliphatic heterocycles. The number of carbonyl (C=O) groups is 10. The van der Waals surface area contributed by atoms with Crippen LogP contribution in [0.5, 0.6) is 5.75 Å². The second-order valence-electron chi connectivity index (χ2n) is 32.5. The Morgan fingerprint density at radius 2 is 1.58 bits per heavy atom. The molecule has 3 saturated heterocycles. The summed E-state index contributed by atoms with van der Waals surface area (Å²) in [4.78, 5) is 174. The van der Waals surface area contributed by atoms with Crippen LogP contribution in [0.3, 0.4) is 0 Å². The number of carboxylic acids is 1. The second kappa shape index (κ2) is 36.9. The summed E-state index contributed by atoms with van der Waals surface area (Å²) in [6.07, 6.45) is 1.71. The lowest BCUT2D eigenvalue weighted by Crippen LogP contribution is -2.82. The fourth-order valence-electron chi connectivity index (χ4n) is 19.6. The number of likely N-dealkylation sites (N-methyl/N-ethyl adjacent to an activating group) is 1. The number of nitrogens with zero attached hydrogens (tertiary/aromatic N) is 6. The number of aromatic nitrogens is 5. The lowest BCUT2D eigenvalue weighted by molar-refractivity contribution is -0.222.